The quantitative estimate of drug-likeness (QED) is 0.713. The maximum absolute atomic E-state index is 12.4. The SMILES string of the molecule is C=C1OC(F)(F)O/C1=C/C(Br)=C\C. The van der Waals surface area contributed by atoms with E-state index in [1.54, 1.807) is 13.0 Å². The number of rotatable bonds is 1. The number of hydrogen-bond acceptors (Lipinski definition) is 2. The fourth-order valence-corrected chi connectivity index (χ4v) is 0.926. The number of allylic oxidation sites excluding steroid dienone is 3. The van der Waals surface area contributed by atoms with Crippen molar-refractivity contribution < 1.29 is 18.3 Å². The first kappa shape index (κ1) is 10.2. The highest BCUT2D eigenvalue weighted by Crippen LogP contribution is 2.36. The van der Waals surface area contributed by atoms with Gasteiger partial charge in [-0.3, -0.25) is 0 Å². The van der Waals surface area contributed by atoms with Gasteiger partial charge >= 0.3 is 6.29 Å². The lowest BCUT2D eigenvalue weighted by Crippen LogP contribution is -2.14. The molecule has 13 heavy (non-hydrogen) atoms. The topological polar surface area (TPSA) is 18.5 Å². The minimum Gasteiger partial charge on any atom is -0.396 e. The van der Waals surface area contributed by atoms with Gasteiger partial charge in [-0.2, -0.15) is 0 Å². The second-order valence-corrected chi connectivity index (χ2v) is 3.19. The molecule has 0 atom stereocenters. The van der Waals surface area contributed by atoms with E-state index < -0.39 is 6.29 Å². The molecule has 1 aliphatic rings. The van der Waals surface area contributed by atoms with E-state index in [-0.39, 0.29) is 11.5 Å². The Morgan fingerprint density at radius 1 is 1.54 bits per heavy atom. The molecule has 1 heterocycles. The molecule has 0 bridgehead atoms. The molecule has 1 aliphatic heterocycles. The summed E-state index contributed by atoms with van der Waals surface area (Å²) in [5.41, 5.74) is 0. The minimum absolute atomic E-state index is 0.0741. The van der Waals surface area contributed by atoms with Crippen molar-refractivity contribution in [1.82, 2.24) is 0 Å². The van der Waals surface area contributed by atoms with Crippen LogP contribution in [0.25, 0.3) is 0 Å². The van der Waals surface area contributed by atoms with Crippen LogP contribution >= 0.6 is 15.9 Å². The first-order chi connectivity index (χ1) is 5.94. The average Bonchev–Trinajstić information content (AvgIpc) is 2.24. The lowest BCUT2D eigenvalue weighted by atomic mass is 10.4. The van der Waals surface area contributed by atoms with Gasteiger partial charge in [0, 0.05) is 4.48 Å². The second kappa shape index (κ2) is 3.49. The van der Waals surface area contributed by atoms with Crippen LogP contribution in [0.4, 0.5) is 8.78 Å². The summed E-state index contributed by atoms with van der Waals surface area (Å²) in [6, 6.07) is 0. The van der Waals surface area contributed by atoms with E-state index in [1.165, 1.54) is 6.08 Å². The van der Waals surface area contributed by atoms with Crippen LogP contribution < -0.4 is 0 Å². The van der Waals surface area contributed by atoms with Crippen molar-refractivity contribution in [3.8, 4) is 0 Å². The Hall–Kier alpha value is -0.840. The summed E-state index contributed by atoms with van der Waals surface area (Å²) in [6.45, 7) is 5.02. The van der Waals surface area contributed by atoms with Gasteiger partial charge in [-0.1, -0.05) is 28.6 Å². The van der Waals surface area contributed by atoms with Gasteiger partial charge in [0.15, 0.2) is 11.5 Å². The van der Waals surface area contributed by atoms with Crippen LogP contribution in [0, 0.1) is 0 Å². The first-order valence-corrected chi connectivity index (χ1v) is 4.22. The van der Waals surface area contributed by atoms with Gasteiger partial charge in [0.05, 0.1) is 0 Å². The van der Waals surface area contributed by atoms with E-state index >= 15 is 0 Å². The molecule has 2 nitrogen and oxygen atoms in total. The summed E-state index contributed by atoms with van der Waals surface area (Å²) in [7, 11) is 0. The normalized spacial score (nSPS) is 24.5. The van der Waals surface area contributed by atoms with E-state index in [2.05, 4.69) is 32.0 Å². The second-order valence-electron chi connectivity index (χ2n) is 2.27. The summed E-state index contributed by atoms with van der Waals surface area (Å²) in [4.78, 5) is 0. The number of halogens is 3. The summed E-state index contributed by atoms with van der Waals surface area (Å²) in [6.07, 6.45) is -0.548. The zero-order valence-corrected chi connectivity index (χ0v) is 8.40. The van der Waals surface area contributed by atoms with Gasteiger partial charge in [0.2, 0.25) is 0 Å². The molecular formula is C8H7BrF2O2. The number of alkyl halides is 2. The molecule has 0 amide bonds. The average molecular weight is 253 g/mol. The molecule has 0 aromatic carbocycles. The molecule has 1 saturated heterocycles. The predicted octanol–water partition coefficient (Wildman–Crippen LogP) is 3.28. The van der Waals surface area contributed by atoms with Gasteiger partial charge in [-0.05, 0) is 13.0 Å². The molecule has 72 valence electrons. The Bertz CT molecular complexity index is 295. The summed E-state index contributed by atoms with van der Waals surface area (Å²) in [5, 5.41) is 0. The predicted molar refractivity (Wildman–Crippen MR) is 47.0 cm³/mol. The van der Waals surface area contributed by atoms with E-state index in [0.717, 1.165) is 0 Å². The largest absolute Gasteiger partial charge is 0.586 e. The maximum atomic E-state index is 12.4. The third-order valence-electron chi connectivity index (χ3n) is 1.29. The zero-order chi connectivity index (χ0) is 10.1. The monoisotopic (exact) mass is 252 g/mol. The molecule has 0 radical (unpaired) electrons. The van der Waals surface area contributed by atoms with E-state index in [0.29, 0.717) is 4.48 Å². The number of ether oxygens (including phenoxy) is 2. The van der Waals surface area contributed by atoms with Crippen molar-refractivity contribution in [3.63, 3.8) is 0 Å². The maximum Gasteiger partial charge on any atom is 0.586 e. The summed E-state index contributed by atoms with van der Waals surface area (Å²) in [5.74, 6) is -0.251. The highest BCUT2D eigenvalue weighted by Gasteiger charge is 2.44. The van der Waals surface area contributed by atoms with Crippen molar-refractivity contribution in [2.24, 2.45) is 0 Å². The molecule has 1 rings (SSSR count). The molecular weight excluding hydrogens is 246 g/mol. The molecule has 0 saturated carbocycles. The molecule has 0 aliphatic carbocycles. The Morgan fingerprint density at radius 3 is 2.54 bits per heavy atom. The van der Waals surface area contributed by atoms with E-state index in [9.17, 15) is 8.78 Å². The lowest BCUT2D eigenvalue weighted by Gasteiger charge is -2.03. The number of hydrogen-bond donors (Lipinski definition) is 0. The van der Waals surface area contributed by atoms with Gasteiger partial charge in [0.25, 0.3) is 0 Å². The molecule has 1 fully saturated rings. The van der Waals surface area contributed by atoms with Gasteiger partial charge in [0.1, 0.15) is 0 Å². The van der Waals surface area contributed by atoms with Crippen LogP contribution in [-0.4, -0.2) is 6.29 Å². The molecule has 0 aromatic heterocycles. The lowest BCUT2D eigenvalue weighted by molar-refractivity contribution is -0.326. The minimum atomic E-state index is -3.59. The van der Waals surface area contributed by atoms with Crippen LogP contribution in [0.1, 0.15) is 6.92 Å². The molecule has 0 unspecified atom stereocenters. The van der Waals surface area contributed by atoms with Crippen molar-refractivity contribution in [1.29, 1.82) is 0 Å². The summed E-state index contributed by atoms with van der Waals surface area (Å²) >= 11 is 3.12. The zero-order valence-electron chi connectivity index (χ0n) is 6.81. The van der Waals surface area contributed by atoms with Crippen molar-refractivity contribution in [2.45, 2.75) is 13.2 Å². The highest BCUT2D eigenvalue weighted by molar-refractivity contribution is 9.11. The Morgan fingerprint density at radius 2 is 2.15 bits per heavy atom. The Labute approximate surface area is 82.6 Å². The van der Waals surface area contributed by atoms with Crippen LogP contribution in [0.3, 0.4) is 0 Å². The van der Waals surface area contributed by atoms with E-state index in [4.69, 9.17) is 0 Å². The Kier molecular flexibility index (Phi) is 2.75. The molecule has 0 N–H and O–H groups in total. The fourth-order valence-electron chi connectivity index (χ4n) is 0.718. The molecule has 0 spiro atoms. The van der Waals surface area contributed by atoms with E-state index in [1.807, 2.05) is 0 Å². The summed E-state index contributed by atoms with van der Waals surface area (Å²) < 4.78 is 33.7. The Balaban J connectivity index is 2.85. The van der Waals surface area contributed by atoms with Gasteiger partial charge < -0.3 is 9.47 Å². The third-order valence-corrected chi connectivity index (χ3v) is 1.98. The fraction of sp³-hybridized carbons (Fsp3) is 0.250. The van der Waals surface area contributed by atoms with Crippen molar-refractivity contribution in [2.75, 3.05) is 0 Å². The van der Waals surface area contributed by atoms with Crippen LogP contribution in [0.15, 0.2) is 34.7 Å². The van der Waals surface area contributed by atoms with Crippen LogP contribution in [0.5, 0.6) is 0 Å². The standard InChI is InChI=1S/C8H7BrF2O2/c1-3-6(9)4-7-5(2)12-8(10,11)13-7/h3-4H,2H2,1H3/b6-3+,7-4+. The highest BCUT2D eigenvalue weighted by atomic mass is 79.9. The molecule has 0 aromatic rings. The van der Waals surface area contributed by atoms with Crippen LogP contribution in [0.2, 0.25) is 0 Å². The molecule has 5 heteroatoms. The van der Waals surface area contributed by atoms with Crippen molar-refractivity contribution in [3.05, 3.63) is 34.7 Å². The van der Waals surface area contributed by atoms with Crippen LogP contribution in [-0.2, 0) is 9.47 Å². The van der Waals surface area contributed by atoms with Crippen molar-refractivity contribution >= 4 is 15.9 Å². The van der Waals surface area contributed by atoms with Gasteiger partial charge in [-0.25, -0.2) is 0 Å². The smallest absolute Gasteiger partial charge is 0.396 e. The first-order valence-electron chi connectivity index (χ1n) is 3.43. The van der Waals surface area contributed by atoms with Gasteiger partial charge in [-0.15, -0.1) is 8.78 Å². The third kappa shape index (κ3) is 2.55.